The van der Waals surface area contributed by atoms with E-state index < -0.39 is 0 Å². The second-order valence-corrected chi connectivity index (χ2v) is 5.75. The first-order valence-corrected chi connectivity index (χ1v) is 7.77. The molecule has 0 radical (unpaired) electrons. The average molecular weight is 312 g/mol. The zero-order valence-electron chi connectivity index (χ0n) is 12.9. The summed E-state index contributed by atoms with van der Waals surface area (Å²) in [5.74, 6) is -0.276. The molecule has 2 aromatic rings. The fourth-order valence-corrected chi connectivity index (χ4v) is 2.78. The van der Waals surface area contributed by atoms with Gasteiger partial charge in [-0.15, -0.1) is 0 Å². The zero-order chi connectivity index (χ0) is 16.1. The van der Waals surface area contributed by atoms with Gasteiger partial charge in [0.2, 0.25) is 11.8 Å². The van der Waals surface area contributed by atoms with Gasteiger partial charge < -0.3 is 14.8 Å². The number of carbonyl (C=O) groups excluding carboxylic acids is 2. The standard InChI is InChI=1S/C17H20N4O2/c22-16-10-15(13-21(16)12-14-4-3-5-18-11-14)17(23)19-6-9-20-7-1-2-8-20/h1-5,7-8,11,15H,6,9-10,12-13H2,(H,19,23)/t15-/m1/s1. The van der Waals surface area contributed by atoms with Crippen LogP contribution in [0.1, 0.15) is 12.0 Å². The third-order valence-corrected chi connectivity index (χ3v) is 4.02. The lowest BCUT2D eigenvalue weighted by Crippen LogP contribution is -2.34. The van der Waals surface area contributed by atoms with Gasteiger partial charge in [-0.3, -0.25) is 14.6 Å². The molecule has 120 valence electrons. The van der Waals surface area contributed by atoms with Gasteiger partial charge in [0.25, 0.3) is 0 Å². The Bertz CT molecular complexity index is 654. The quantitative estimate of drug-likeness (QED) is 0.867. The third-order valence-electron chi connectivity index (χ3n) is 4.02. The van der Waals surface area contributed by atoms with Crippen LogP contribution in [-0.2, 0) is 22.7 Å². The summed E-state index contributed by atoms with van der Waals surface area (Å²) in [7, 11) is 0. The number of nitrogens with zero attached hydrogens (tertiary/aromatic N) is 3. The van der Waals surface area contributed by atoms with Crippen molar-refractivity contribution in [2.75, 3.05) is 13.1 Å². The van der Waals surface area contributed by atoms with Gasteiger partial charge in [-0.2, -0.15) is 0 Å². The Morgan fingerprint density at radius 3 is 2.87 bits per heavy atom. The predicted octanol–water partition coefficient (Wildman–Crippen LogP) is 1.05. The molecule has 0 spiro atoms. The molecular formula is C17H20N4O2. The summed E-state index contributed by atoms with van der Waals surface area (Å²) in [6.45, 7) is 2.29. The Morgan fingerprint density at radius 2 is 2.13 bits per heavy atom. The van der Waals surface area contributed by atoms with Crippen molar-refractivity contribution < 1.29 is 9.59 Å². The van der Waals surface area contributed by atoms with Crippen LogP contribution in [0.5, 0.6) is 0 Å². The van der Waals surface area contributed by atoms with Crippen molar-refractivity contribution in [1.82, 2.24) is 19.8 Å². The Kier molecular flexibility index (Phi) is 4.71. The molecule has 0 aliphatic carbocycles. The van der Waals surface area contributed by atoms with E-state index in [9.17, 15) is 9.59 Å². The van der Waals surface area contributed by atoms with E-state index in [0.717, 1.165) is 12.1 Å². The first-order chi connectivity index (χ1) is 11.2. The number of hydrogen-bond acceptors (Lipinski definition) is 3. The maximum Gasteiger partial charge on any atom is 0.225 e. The molecular weight excluding hydrogens is 292 g/mol. The number of aromatic nitrogens is 2. The molecule has 0 unspecified atom stereocenters. The first-order valence-electron chi connectivity index (χ1n) is 7.77. The lowest BCUT2D eigenvalue weighted by atomic mass is 10.1. The minimum absolute atomic E-state index is 0.0272. The summed E-state index contributed by atoms with van der Waals surface area (Å²) in [5.41, 5.74) is 0.981. The van der Waals surface area contributed by atoms with Crippen molar-refractivity contribution in [2.24, 2.45) is 5.92 Å². The van der Waals surface area contributed by atoms with Crippen molar-refractivity contribution in [3.8, 4) is 0 Å². The summed E-state index contributed by atoms with van der Waals surface area (Å²) in [6, 6.07) is 7.69. The highest BCUT2D eigenvalue weighted by molar-refractivity contribution is 5.89. The molecule has 0 saturated carbocycles. The number of carbonyl (C=O) groups is 2. The summed E-state index contributed by atoms with van der Waals surface area (Å²) < 4.78 is 2.01. The van der Waals surface area contributed by atoms with E-state index in [4.69, 9.17) is 0 Å². The number of likely N-dealkylation sites (tertiary alicyclic amines) is 1. The topological polar surface area (TPSA) is 67.2 Å². The van der Waals surface area contributed by atoms with Crippen LogP contribution in [0.25, 0.3) is 0 Å². The van der Waals surface area contributed by atoms with Crippen LogP contribution in [0.4, 0.5) is 0 Å². The smallest absolute Gasteiger partial charge is 0.225 e. The zero-order valence-corrected chi connectivity index (χ0v) is 12.9. The van der Waals surface area contributed by atoms with Gasteiger partial charge >= 0.3 is 0 Å². The fraction of sp³-hybridized carbons (Fsp3) is 0.353. The molecule has 1 fully saturated rings. The lowest BCUT2D eigenvalue weighted by molar-refractivity contribution is -0.129. The normalized spacial score (nSPS) is 17.5. The fourth-order valence-electron chi connectivity index (χ4n) is 2.78. The maximum atomic E-state index is 12.2. The molecule has 1 aliphatic rings. The van der Waals surface area contributed by atoms with Crippen LogP contribution in [0, 0.1) is 5.92 Å². The number of pyridine rings is 1. The second kappa shape index (κ2) is 7.09. The van der Waals surface area contributed by atoms with E-state index in [2.05, 4.69) is 10.3 Å². The molecule has 1 N–H and O–H groups in total. The largest absolute Gasteiger partial charge is 0.354 e. The van der Waals surface area contributed by atoms with Crippen LogP contribution >= 0.6 is 0 Å². The molecule has 1 saturated heterocycles. The summed E-state index contributed by atoms with van der Waals surface area (Å²) in [6.07, 6.45) is 7.66. The van der Waals surface area contributed by atoms with E-state index in [1.165, 1.54) is 0 Å². The highest BCUT2D eigenvalue weighted by Crippen LogP contribution is 2.20. The maximum absolute atomic E-state index is 12.2. The van der Waals surface area contributed by atoms with Gasteiger partial charge in [-0.1, -0.05) is 6.07 Å². The van der Waals surface area contributed by atoms with Crippen LogP contribution in [0.3, 0.4) is 0 Å². The highest BCUT2D eigenvalue weighted by Gasteiger charge is 2.33. The summed E-state index contributed by atoms with van der Waals surface area (Å²) >= 11 is 0. The molecule has 1 aliphatic heterocycles. The molecule has 6 heteroatoms. The van der Waals surface area contributed by atoms with E-state index in [-0.39, 0.29) is 24.2 Å². The SMILES string of the molecule is O=C(NCCn1cccc1)[C@@H]1CC(=O)N(Cc2cccnc2)C1. The Hall–Kier alpha value is -2.63. The third kappa shape index (κ3) is 3.97. The van der Waals surface area contributed by atoms with Gasteiger partial charge in [-0.25, -0.2) is 0 Å². The average Bonchev–Trinajstić information content (AvgIpc) is 3.19. The van der Waals surface area contributed by atoms with Crippen molar-refractivity contribution in [1.29, 1.82) is 0 Å². The Labute approximate surface area is 135 Å². The van der Waals surface area contributed by atoms with Crippen LogP contribution in [0.15, 0.2) is 49.1 Å². The summed E-state index contributed by atoms with van der Waals surface area (Å²) in [5, 5.41) is 2.92. The molecule has 3 heterocycles. The molecule has 6 nitrogen and oxygen atoms in total. The van der Waals surface area contributed by atoms with Crippen molar-refractivity contribution in [3.05, 3.63) is 54.6 Å². The minimum Gasteiger partial charge on any atom is -0.354 e. The molecule has 23 heavy (non-hydrogen) atoms. The molecule has 0 aromatic carbocycles. The Morgan fingerprint density at radius 1 is 1.30 bits per heavy atom. The van der Waals surface area contributed by atoms with Crippen molar-refractivity contribution >= 4 is 11.8 Å². The minimum atomic E-state index is -0.260. The summed E-state index contributed by atoms with van der Waals surface area (Å²) in [4.78, 5) is 30.1. The van der Waals surface area contributed by atoms with Gasteiger partial charge in [0.15, 0.2) is 0 Å². The number of hydrogen-bond donors (Lipinski definition) is 1. The Balaban J connectivity index is 1.47. The molecule has 1 atom stereocenters. The predicted molar refractivity (Wildman–Crippen MR) is 85.2 cm³/mol. The van der Waals surface area contributed by atoms with Crippen LogP contribution < -0.4 is 5.32 Å². The first kappa shape index (κ1) is 15.3. The monoisotopic (exact) mass is 312 g/mol. The van der Waals surface area contributed by atoms with Gasteiger partial charge in [0.1, 0.15) is 0 Å². The number of amides is 2. The second-order valence-electron chi connectivity index (χ2n) is 5.75. The van der Waals surface area contributed by atoms with E-state index in [1.807, 2.05) is 41.2 Å². The van der Waals surface area contributed by atoms with Gasteiger partial charge in [0, 0.05) is 57.4 Å². The van der Waals surface area contributed by atoms with Crippen LogP contribution in [-0.4, -0.2) is 39.4 Å². The van der Waals surface area contributed by atoms with Crippen LogP contribution in [0.2, 0.25) is 0 Å². The highest BCUT2D eigenvalue weighted by atomic mass is 16.2. The molecule has 2 aromatic heterocycles. The van der Waals surface area contributed by atoms with Crippen molar-refractivity contribution in [3.63, 3.8) is 0 Å². The van der Waals surface area contributed by atoms with Crippen molar-refractivity contribution in [2.45, 2.75) is 19.5 Å². The molecule has 0 bridgehead atoms. The molecule has 2 amide bonds. The number of nitrogens with one attached hydrogen (secondary N) is 1. The van der Waals surface area contributed by atoms with E-state index in [1.54, 1.807) is 17.3 Å². The van der Waals surface area contributed by atoms with Gasteiger partial charge in [-0.05, 0) is 23.8 Å². The lowest BCUT2D eigenvalue weighted by Gasteiger charge is -2.16. The van der Waals surface area contributed by atoms with E-state index in [0.29, 0.717) is 19.6 Å². The van der Waals surface area contributed by atoms with E-state index >= 15 is 0 Å². The number of rotatable bonds is 6. The molecule has 3 rings (SSSR count). The van der Waals surface area contributed by atoms with Gasteiger partial charge in [0.05, 0.1) is 5.92 Å².